The Labute approximate surface area is 212 Å². The van der Waals surface area contributed by atoms with E-state index in [-0.39, 0.29) is 40.8 Å². The molecule has 0 spiro atoms. The number of benzene rings is 2. The second kappa shape index (κ2) is 9.76. The molecule has 36 heavy (non-hydrogen) atoms. The first-order valence-corrected chi connectivity index (χ1v) is 12.3. The van der Waals surface area contributed by atoms with Gasteiger partial charge in [-0.25, -0.2) is 0 Å². The van der Waals surface area contributed by atoms with Crippen LogP contribution in [-0.2, 0) is 6.42 Å². The molecule has 0 saturated carbocycles. The lowest BCUT2D eigenvalue weighted by molar-refractivity contribution is 0.0840. The molecule has 2 aromatic rings. The van der Waals surface area contributed by atoms with Crippen LogP contribution in [0.3, 0.4) is 0 Å². The number of carbonyl (C=O) groups is 1. The highest BCUT2D eigenvalue weighted by atomic mass is 16.5. The Morgan fingerprint density at radius 2 is 1.81 bits per heavy atom. The zero-order valence-corrected chi connectivity index (χ0v) is 21.5. The number of rotatable bonds is 6. The molecule has 2 aromatic carbocycles. The summed E-state index contributed by atoms with van der Waals surface area (Å²) in [5.41, 5.74) is 3.44. The molecular formula is C30H34O6. The van der Waals surface area contributed by atoms with Crippen LogP contribution in [0.2, 0.25) is 0 Å². The number of hydrogen-bond acceptors (Lipinski definition) is 6. The van der Waals surface area contributed by atoms with Crippen LogP contribution in [-0.4, -0.2) is 26.7 Å². The zero-order chi connectivity index (χ0) is 26.2. The molecule has 0 unspecified atom stereocenters. The highest BCUT2D eigenvalue weighted by Gasteiger charge is 2.36. The lowest BCUT2D eigenvalue weighted by Crippen LogP contribution is -2.32. The molecule has 6 nitrogen and oxygen atoms in total. The summed E-state index contributed by atoms with van der Waals surface area (Å²) in [5.74, 6) is -0.116. The molecule has 2 aliphatic heterocycles. The van der Waals surface area contributed by atoms with E-state index in [2.05, 4.69) is 19.9 Å². The first kappa shape index (κ1) is 25.4. The molecule has 6 heteroatoms. The molecule has 0 aromatic heterocycles. The lowest BCUT2D eigenvalue weighted by Gasteiger charge is -2.34. The number of ether oxygens (including phenoxy) is 2. The SMILES string of the molecule is CC(C)=CCC[C@]1(C)C=Cc2c([C@@H]3CC(=O)c4c(cc(O)c(CC=C(C)C)c4O)O3)ccc(O)c2O1. The second-order valence-electron chi connectivity index (χ2n) is 10.3. The Morgan fingerprint density at radius 1 is 1.08 bits per heavy atom. The summed E-state index contributed by atoms with van der Waals surface area (Å²) in [5, 5.41) is 31.9. The van der Waals surface area contributed by atoms with Crippen LogP contribution in [0.15, 0.2) is 47.6 Å². The second-order valence-corrected chi connectivity index (χ2v) is 10.3. The van der Waals surface area contributed by atoms with Crippen molar-refractivity contribution in [3.63, 3.8) is 0 Å². The minimum Gasteiger partial charge on any atom is -0.507 e. The van der Waals surface area contributed by atoms with Gasteiger partial charge in [0, 0.05) is 22.8 Å². The van der Waals surface area contributed by atoms with Gasteiger partial charge < -0.3 is 24.8 Å². The van der Waals surface area contributed by atoms with Crippen molar-refractivity contribution in [3.05, 3.63) is 69.8 Å². The summed E-state index contributed by atoms with van der Waals surface area (Å²) in [6.07, 6.45) is 9.17. The summed E-state index contributed by atoms with van der Waals surface area (Å²) in [4.78, 5) is 13.2. The van der Waals surface area contributed by atoms with Crippen molar-refractivity contribution in [1.29, 1.82) is 0 Å². The minimum atomic E-state index is -0.662. The van der Waals surface area contributed by atoms with Gasteiger partial charge in [0.25, 0.3) is 0 Å². The largest absolute Gasteiger partial charge is 0.507 e. The third-order valence-electron chi connectivity index (χ3n) is 6.67. The quantitative estimate of drug-likeness (QED) is 0.380. The normalized spacial score (nSPS) is 20.0. The van der Waals surface area contributed by atoms with Crippen LogP contribution in [0, 0.1) is 0 Å². The van der Waals surface area contributed by atoms with Gasteiger partial charge >= 0.3 is 0 Å². The van der Waals surface area contributed by atoms with Crippen molar-refractivity contribution < 1.29 is 29.6 Å². The number of phenols is 3. The van der Waals surface area contributed by atoms with Crippen molar-refractivity contribution in [2.24, 2.45) is 0 Å². The Balaban J connectivity index is 1.66. The summed E-state index contributed by atoms with van der Waals surface area (Å²) in [6, 6.07) is 4.66. The van der Waals surface area contributed by atoms with Gasteiger partial charge in [-0.15, -0.1) is 0 Å². The molecule has 0 saturated heterocycles. The minimum absolute atomic E-state index is 0.0102. The first-order chi connectivity index (χ1) is 17.0. The average Bonchev–Trinajstić information content (AvgIpc) is 2.78. The van der Waals surface area contributed by atoms with E-state index >= 15 is 0 Å². The van der Waals surface area contributed by atoms with E-state index in [0.29, 0.717) is 28.9 Å². The number of allylic oxidation sites excluding steroid dienone is 4. The van der Waals surface area contributed by atoms with Crippen molar-refractivity contribution >= 4 is 11.9 Å². The molecule has 2 heterocycles. The van der Waals surface area contributed by atoms with E-state index in [1.165, 1.54) is 11.6 Å². The average molecular weight is 491 g/mol. The maximum Gasteiger partial charge on any atom is 0.174 e. The number of Topliss-reactive ketones (excluding diaryl/α,β-unsaturated/α-hetero) is 1. The van der Waals surface area contributed by atoms with E-state index in [9.17, 15) is 20.1 Å². The smallest absolute Gasteiger partial charge is 0.174 e. The van der Waals surface area contributed by atoms with Crippen LogP contribution in [0.1, 0.15) is 87.0 Å². The highest BCUT2D eigenvalue weighted by Crippen LogP contribution is 2.48. The fourth-order valence-corrected chi connectivity index (χ4v) is 4.65. The summed E-state index contributed by atoms with van der Waals surface area (Å²) in [6.45, 7) is 9.94. The summed E-state index contributed by atoms with van der Waals surface area (Å²) in [7, 11) is 0. The maximum atomic E-state index is 13.2. The first-order valence-electron chi connectivity index (χ1n) is 12.3. The van der Waals surface area contributed by atoms with E-state index in [0.717, 1.165) is 18.4 Å². The van der Waals surface area contributed by atoms with E-state index in [1.807, 2.05) is 39.0 Å². The Kier molecular flexibility index (Phi) is 6.90. The Bertz CT molecular complexity index is 1290. The Hall–Kier alpha value is -3.67. The number of fused-ring (bicyclic) bond motifs is 2. The predicted molar refractivity (Wildman–Crippen MR) is 140 cm³/mol. The lowest BCUT2D eigenvalue weighted by atomic mass is 9.88. The molecule has 190 valence electrons. The van der Waals surface area contributed by atoms with Crippen molar-refractivity contribution in [2.45, 2.75) is 72.0 Å². The monoisotopic (exact) mass is 490 g/mol. The van der Waals surface area contributed by atoms with Gasteiger partial charge in [-0.1, -0.05) is 35.4 Å². The molecule has 0 radical (unpaired) electrons. The fourth-order valence-electron chi connectivity index (χ4n) is 4.65. The molecule has 2 atom stereocenters. The van der Waals surface area contributed by atoms with Gasteiger partial charge in [0.2, 0.25) is 0 Å². The van der Waals surface area contributed by atoms with E-state index in [4.69, 9.17) is 9.47 Å². The summed E-state index contributed by atoms with van der Waals surface area (Å²) < 4.78 is 12.4. The van der Waals surface area contributed by atoms with Gasteiger partial charge in [-0.3, -0.25) is 4.79 Å². The van der Waals surface area contributed by atoms with E-state index < -0.39 is 11.7 Å². The van der Waals surface area contributed by atoms with Crippen LogP contribution in [0.25, 0.3) is 6.08 Å². The third-order valence-corrected chi connectivity index (χ3v) is 6.67. The van der Waals surface area contributed by atoms with E-state index in [1.54, 1.807) is 12.1 Å². The molecule has 4 rings (SSSR count). The number of carbonyl (C=O) groups excluding carboxylic acids is 1. The molecule has 2 aliphatic rings. The molecule has 0 bridgehead atoms. The molecule has 0 aliphatic carbocycles. The van der Waals surface area contributed by atoms with Gasteiger partial charge in [0.15, 0.2) is 17.3 Å². The van der Waals surface area contributed by atoms with Crippen molar-refractivity contribution in [3.8, 4) is 28.7 Å². The molecule has 3 N–H and O–H groups in total. The molecular weight excluding hydrogens is 456 g/mol. The molecule has 0 fully saturated rings. The van der Waals surface area contributed by atoms with Gasteiger partial charge in [-0.2, -0.15) is 0 Å². The maximum absolute atomic E-state index is 13.2. The topological polar surface area (TPSA) is 96.2 Å². The van der Waals surface area contributed by atoms with Crippen LogP contribution in [0.5, 0.6) is 28.7 Å². The molecule has 0 amide bonds. The van der Waals surface area contributed by atoms with Crippen LogP contribution >= 0.6 is 0 Å². The predicted octanol–water partition coefficient (Wildman–Crippen LogP) is 6.93. The fraction of sp³-hybridized carbons (Fsp3) is 0.367. The number of phenolic OH excluding ortho intramolecular Hbond substituents is 3. The summed E-state index contributed by atoms with van der Waals surface area (Å²) >= 11 is 0. The van der Waals surface area contributed by atoms with Gasteiger partial charge in [-0.05, 0) is 66.0 Å². The zero-order valence-electron chi connectivity index (χ0n) is 21.5. The number of hydrogen-bond donors (Lipinski definition) is 3. The standard InChI is InChI=1S/C30H34O6/c1-17(2)7-6-13-30(5)14-12-20-19(10-11-22(31)29(20)36-30)25-16-24(33)27-26(35-25)15-23(32)21(28(27)34)9-8-18(3)4/h7-8,10-12,14-15,25,31-32,34H,6,9,13,16H2,1-5H3/t25-,30+/m0/s1. The van der Waals surface area contributed by atoms with Gasteiger partial charge in [0.1, 0.15) is 34.5 Å². The van der Waals surface area contributed by atoms with Gasteiger partial charge in [0.05, 0.1) is 6.42 Å². The van der Waals surface area contributed by atoms with Crippen LogP contribution in [0.4, 0.5) is 0 Å². The van der Waals surface area contributed by atoms with Crippen LogP contribution < -0.4 is 9.47 Å². The third kappa shape index (κ3) is 4.99. The Morgan fingerprint density at radius 3 is 2.50 bits per heavy atom. The van der Waals surface area contributed by atoms with Crippen molar-refractivity contribution in [2.75, 3.05) is 0 Å². The number of ketones is 1. The van der Waals surface area contributed by atoms with Crippen molar-refractivity contribution in [1.82, 2.24) is 0 Å². The number of aromatic hydroxyl groups is 3. The highest BCUT2D eigenvalue weighted by molar-refractivity contribution is 6.03.